The lowest BCUT2D eigenvalue weighted by Gasteiger charge is -2.29. The van der Waals surface area contributed by atoms with Crippen molar-refractivity contribution in [2.45, 2.75) is 37.4 Å². The number of ether oxygens (including phenoxy) is 3. The fourth-order valence-electron chi connectivity index (χ4n) is 4.65. The van der Waals surface area contributed by atoms with Crippen molar-refractivity contribution in [2.75, 3.05) is 18.5 Å². The van der Waals surface area contributed by atoms with Gasteiger partial charge in [0.15, 0.2) is 11.5 Å². The summed E-state index contributed by atoms with van der Waals surface area (Å²) in [6, 6.07) is 18.2. The first-order valence-corrected chi connectivity index (χ1v) is 16.2. The number of fused-ring (bicyclic) bond motifs is 1. The number of aromatic nitrogens is 3. The highest BCUT2D eigenvalue weighted by Gasteiger charge is 2.36. The van der Waals surface area contributed by atoms with Crippen LogP contribution in [-0.4, -0.2) is 33.9 Å². The Hall–Kier alpha value is -3.44. The molecule has 1 atom stereocenters. The molecule has 0 bridgehead atoms. The summed E-state index contributed by atoms with van der Waals surface area (Å²) in [6.45, 7) is 8.07. The van der Waals surface area contributed by atoms with Crippen molar-refractivity contribution in [3.05, 3.63) is 116 Å². The Morgan fingerprint density at radius 3 is 2.50 bits per heavy atom. The van der Waals surface area contributed by atoms with E-state index in [1.165, 1.54) is 17.8 Å². The molecular weight excluding hydrogens is 687 g/mol. The molecule has 1 aliphatic heterocycles. The SMILES string of the molecule is C=CCOC(=O)C1=C(C)Nc2nc(SCc3ccccc3Cl)nn2C1c1cc(Br)c(OCc2ccccc2Cl)c(OCC)c1. The molecule has 0 aliphatic carbocycles. The molecule has 5 rings (SSSR count). The van der Waals surface area contributed by atoms with Gasteiger partial charge >= 0.3 is 5.97 Å². The fourth-order valence-corrected chi connectivity index (χ4v) is 6.53. The van der Waals surface area contributed by atoms with Crippen molar-refractivity contribution >= 4 is 62.8 Å². The lowest BCUT2D eigenvalue weighted by atomic mass is 9.95. The van der Waals surface area contributed by atoms with E-state index in [1.807, 2.05) is 74.5 Å². The van der Waals surface area contributed by atoms with Crippen LogP contribution in [0.15, 0.2) is 94.2 Å². The standard InChI is InChI=1S/C32H29BrCl2N4O4S/c1-4-14-42-30(40)27-19(3)36-31-37-32(44-18-21-11-7-9-13-25(21)35)38-39(31)28(27)22-15-23(33)29(26(16-22)41-5-2)43-17-20-10-6-8-12-24(20)34/h4,6-13,15-16,28H,1,5,14,17-18H2,2-3H3,(H,36,37,38). The van der Waals surface area contributed by atoms with Crippen LogP contribution in [0.4, 0.5) is 5.95 Å². The second-order valence-corrected chi connectivity index (χ2v) is 12.3. The van der Waals surface area contributed by atoms with Crippen LogP contribution in [0.25, 0.3) is 0 Å². The average molecular weight is 716 g/mol. The topological polar surface area (TPSA) is 87.5 Å². The zero-order valence-corrected chi connectivity index (χ0v) is 27.9. The molecule has 1 aromatic heterocycles. The zero-order valence-electron chi connectivity index (χ0n) is 24.0. The highest BCUT2D eigenvalue weighted by molar-refractivity contribution is 9.10. The van der Waals surface area contributed by atoms with E-state index in [0.717, 1.165) is 11.1 Å². The maximum absolute atomic E-state index is 13.4. The Bertz CT molecular complexity index is 1730. The summed E-state index contributed by atoms with van der Waals surface area (Å²) >= 11 is 17.9. The normalized spacial score (nSPS) is 14.1. The van der Waals surface area contributed by atoms with Crippen molar-refractivity contribution in [3.8, 4) is 11.5 Å². The largest absolute Gasteiger partial charge is 0.490 e. The zero-order chi connectivity index (χ0) is 31.2. The van der Waals surface area contributed by atoms with E-state index in [-0.39, 0.29) is 13.2 Å². The summed E-state index contributed by atoms with van der Waals surface area (Å²) in [7, 11) is 0. The monoisotopic (exact) mass is 714 g/mol. The van der Waals surface area contributed by atoms with Gasteiger partial charge in [0.25, 0.3) is 0 Å². The van der Waals surface area contributed by atoms with Crippen molar-refractivity contribution in [2.24, 2.45) is 0 Å². The third-order valence-electron chi connectivity index (χ3n) is 6.68. The smallest absolute Gasteiger partial charge is 0.338 e. The minimum atomic E-state index is -0.682. The molecule has 1 aliphatic rings. The predicted octanol–water partition coefficient (Wildman–Crippen LogP) is 8.64. The van der Waals surface area contributed by atoms with Gasteiger partial charge in [0.05, 0.1) is 16.7 Å². The molecule has 1 unspecified atom stereocenters. The fraction of sp³-hybridized carbons (Fsp3) is 0.219. The Kier molecular flexibility index (Phi) is 10.6. The quantitative estimate of drug-likeness (QED) is 0.0887. The molecule has 0 saturated heterocycles. The number of halogens is 3. The molecule has 0 fully saturated rings. The number of esters is 1. The molecule has 12 heteroatoms. The van der Waals surface area contributed by atoms with E-state index in [0.29, 0.717) is 66.3 Å². The van der Waals surface area contributed by atoms with Crippen LogP contribution >= 0.6 is 50.9 Å². The summed E-state index contributed by atoms with van der Waals surface area (Å²) in [4.78, 5) is 18.2. The van der Waals surface area contributed by atoms with E-state index in [2.05, 4.69) is 27.8 Å². The molecule has 0 saturated carbocycles. The molecule has 228 valence electrons. The van der Waals surface area contributed by atoms with Gasteiger partial charge in [0, 0.05) is 27.1 Å². The third kappa shape index (κ3) is 7.10. The number of benzene rings is 3. The summed E-state index contributed by atoms with van der Waals surface area (Å²) in [5.41, 5.74) is 3.50. The summed E-state index contributed by atoms with van der Waals surface area (Å²) in [5.74, 6) is 1.57. The number of allylic oxidation sites excluding steroid dienone is 1. The lowest BCUT2D eigenvalue weighted by molar-refractivity contribution is -0.138. The van der Waals surface area contributed by atoms with Crippen molar-refractivity contribution in [1.82, 2.24) is 14.8 Å². The van der Waals surface area contributed by atoms with Crippen LogP contribution in [0.3, 0.4) is 0 Å². The molecule has 4 aromatic rings. The highest BCUT2D eigenvalue weighted by atomic mass is 79.9. The average Bonchev–Trinajstić information content (AvgIpc) is 3.41. The molecular formula is C32H29BrCl2N4O4S. The van der Waals surface area contributed by atoms with Gasteiger partial charge in [-0.25, -0.2) is 9.48 Å². The first-order chi connectivity index (χ1) is 21.3. The first-order valence-electron chi connectivity index (χ1n) is 13.7. The lowest BCUT2D eigenvalue weighted by Crippen LogP contribution is -2.29. The van der Waals surface area contributed by atoms with E-state index in [4.69, 9.17) is 47.5 Å². The number of anilines is 1. The van der Waals surface area contributed by atoms with E-state index >= 15 is 0 Å². The van der Waals surface area contributed by atoms with Crippen molar-refractivity contribution in [1.29, 1.82) is 0 Å². The van der Waals surface area contributed by atoms with E-state index in [1.54, 1.807) is 4.68 Å². The van der Waals surface area contributed by atoms with Crippen LogP contribution in [0.5, 0.6) is 11.5 Å². The highest BCUT2D eigenvalue weighted by Crippen LogP contribution is 2.44. The number of carbonyl (C=O) groups is 1. The second-order valence-electron chi connectivity index (χ2n) is 9.64. The Labute approximate surface area is 278 Å². The Balaban J connectivity index is 1.54. The van der Waals surface area contributed by atoms with Gasteiger partial charge in [0.1, 0.15) is 19.3 Å². The van der Waals surface area contributed by atoms with Crippen LogP contribution in [0.2, 0.25) is 10.0 Å². The maximum atomic E-state index is 13.4. The number of thioether (sulfide) groups is 1. The molecule has 3 aromatic carbocycles. The van der Waals surface area contributed by atoms with Crippen LogP contribution in [0.1, 0.15) is 36.6 Å². The van der Waals surface area contributed by atoms with E-state index in [9.17, 15) is 4.79 Å². The maximum Gasteiger partial charge on any atom is 0.338 e. The van der Waals surface area contributed by atoms with Gasteiger partial charge in [-0.15, -0.1) is 5.10 Å². The molecule has 0 amide bonds. The molecule has 2 heterocycles. The minimum absolute atomic E-state index is 0.0637. The summed E-state index contributed by atoms with van der Waals surface area (Å²) < 4.78 is 20.1. The number of carbonyl (C=O) groups excluding carboxylic acids is 1. The molecule has 44 heavy (non-hydrogen) atoms. The molecule has 8 nitrogen and oxygen atoms in total. The number of rotatable bonds is 12. The number of hydrogen-bond donors (Lipinski definition) is 1. The summed E-state index contributed by atoms with van der Waals surface area (Å²) in [5, 5.41) is 9.85. The van der Waals surface area contributed by atoms with Gasteiger partial charge in [-0.3, -0.25) is 0 Å². The van der Waals surface area contributed by atoms with Gasteiger partial charge < -0.3 is 19.5 Å². The molecule has 1 N–H and O–H groups in total. The van der Waals surface area contributed by atoms with Crippen molar-refractivity contribution < 1.29 is 19.0 Å². The van der Waals surface area contributed by atoms with E-state index < -0.39 is 12.0 Å². The predicted molar refractivity (Wildman–Crippen MR) is 178 cm³/mol. The molecule has 0 radical (unpaired) electrons. The number of nitrogens with zero attached hydrogens (tertiary/aromatic N) is 3. The Morgan fingerprint density at radius 2 is 1.82 bits per heavy atom. The van der Waals surface area contributed by atoms with Crippen LogP contribution in [-0.2, 0) is 21.9 Å². The summed E-state index contributed by atoms with van der Waals surface area (Å²) in [6.07, 6.45) is 1.53. The second kappa shape index (κ2) is 14.6. The van der Waals surface area contributed by atoms with Crippen LogP contribution in [0, 0.1) is 0 Å². The molecule has 0 spiro atoms. The van der Waals surface area contributed by atoms with Gasteiger partial charge in [-0.2, -0.15) is 4.98 Å². The minimum Gasteiger partial charge on any atom is -0.490 e. The van der Waals surface area contributed by atoms with Gasteiger partial charge in [-0.05, 0) is 65.2 Å². The van der Waals surface area contributed by atoms with Crippen molar-refractivity contribution in [3.63, 3.8) is 0 Å². The third-order valence-corrected chi connectivity index (χ3v) is 8.89. The van der Waals surface area contributed by atoms with Gasteiger partial charge in [-0.1, -0.05) is 84.0 Å². The first kappa shape index (κ1) is 32.0. The van der Waals surface area contributed by atoms with Gasteiger partial charge in [0.2, 0.25) is 11.1 Å². The Morgan fingerprint density at radius 1 is 1.11 bits per heavy atom. The number of hydrogen-bond acceptors (Lipinski definition) is 8. The number of nitrogens with one attached hydrogen (secondary N) is 1. The van der Waals surface area contributed by atoms with Crippen LogP contribution < -0.4 is 14.8 Å².